The molecular weight excluding hydrogens is 398 g/mol. The van der Waals surface area contributed by atoms with Crippen LogP contribution in [0.3, 0.4) is 0 Å². The lowest BCUT2D eigenvalue weighted by Gasteiger charge is -2.47. The van der Waals surface area contributed by atoms with Crippen LogP contribution in [0.25, 0.3) is 0 Å². The summed E-state index contributed by atoms with van der Waals surface area (Å²) in [5.74, 6) is 0. The minimum absolute atomic E-state index is 0.0161. The van der Waals surface area contributed by atoms with E-state index < -0.39 is 0 Å². The Kier molecular flexibility index (Phi) is 4.86. The van der Waals surface area contributed by atoms with Crippen molar-refractivity contribution >= 4 is 12.6 Å². The van der Waals surface area contributed by atoms with Gasteiger partial charge in [-0.1, -0.05) is 44.2 Å². The summed E-state index contributed by atoms with van der Waals surface area (Å²) in [7, 11) is -0.262. The highest BCUT2D eigenvalue weighted by molar-refractivity contribution is 6.61. The van der Waals surface area contributed by atoms with Gasteiger partial charge in [0.15, 0.2) is 7.14 Å². The number of benzene rings is 2. The zero-order valence-electron chi connectivity index (χ0n) is 14.2. The molecule has 0 saturated carbocycles. The van der Waals surface area contributed by atoms with E-state index in [1.165, 1.54) is 7.14 Å². The highest BCUT2D eigenvalue weighted by Crippen LogP contribution is 2.37. The van der Waals surface area contributed by atoms with Gasteiger partial charge in [0.2, 0.25) is 0 Å². The second-order valence-corrected chi connectivity index (χ2v) is 10.1. The maximum Gasteiger partial charge on any atom is 0.494 e. The lowest BCUT2D eigenvalue weighted by atomic mass is 9.69. The predicted octanol–water partition coefficient (Wildman–Crippen LogP) is 0.362. The predicted molar refractivity (Wildman–Crippen MR) is 90.6 cm³/mol. The van der Waals surface area contributed by atoms with Gasteiger partial charge in [-0.3, -0.25) is 0 Å². The van der Waals surface area contributed by atoms with Crippen LogP contribution in [0.1, 0.15) is 27.7 Å². The minimum Gasteiger partial charge on any atom is -0.407 e. The van der Waals surface area contributed by atoms with Crippen molar-refractivity contribution in [1.29, 1.82) is 0 Å². The first kappa shape index (κ1) is 17.0. The minimum atomic E-state index is -0.262. The van der Waals surface area contributed by atoms with Gasteiger partial charge in [0.05, 0.1) is 5.60 Å². The molecule has 23 heavy (non-hydrogen) atoms. The molecule has 1 aliphatic rings. The van der Waals surface area contributed by atoms with Crippen LogP contribution in [0.2, 0.25) is 0 Å². The molecule has 0 radical (unpaired) electrons. The van der Waals surface area contributed by atoms with Crippen LogP contribution in [0.15, 0.2) is 54.6 Å². The van der Waals surface area contributed by atoms with Crippen molar-refractivity contribution < 1.29 is 30.5 Å². The Bertz CT molecular complexity index is 653. The first-order valence-electron chi connectivity index (χ1n) is 7.97. The van der Waals surface area contributed by atoms with E-state index in [9.17, 15) is 0 Å². The van der Waals surface area contributed by atoms with Crippen LogP contribution in [0.5, 0.6) is 0 Å². The van der Waals surface area contributed by atoms with E-state index in [0.29, 0.717) is 6.61 Å². The highest BCUT2D eigenvalue weighted by atomic mass is 127. The zero-order chi connectivity index (χ0) is 16.5. The average Bonchev–Trinajstić information content (AvgIpc) is 2.52. The van der Waals surface area contributed by atoms with E-state index in [0.717, 1.165) is 5.46 Å². The Labute approximate surface area is 150 Å². The molecule has 0 aliphatic carbocycles. The Morgan fingerprint density at radius 1 is 0.870 bits per heavy atom. The molecule has 120 valence electrons. The SMILES string of the molecule is CC1(C)COB(c2ccc([I+]c3ccccc3)cc2)OC1(C)C. The molecule has 0 aromatic heterocycles. The summed E-state index contributed by atoms with van der Waals surface area (Å²) in [6.07, 6.45) is 0. The molecule has 2 nitrogen and oxygen atoms in total. The van der Waals surface area contributed by atoms with Crippen LogP contribution in [0.4, 0.5) is 0 Å². The fourth-order valence-electron chi connectivity index (χ4n) is 2.37. The normalized spacial score (nSPS) is 19.6. The van der Waals surface area contributed by atoms with Gasteiger partial charge in [-0.15, -0.1) is 0 Å². The van der Waals surface area contributed by atoms with E-state index in [1.807, 2.05) is 0 Å². The molecule has 2 aromatic rings. The Morgan fingerprint density at radius 3 is 2.09 bits per heavy atom. The van der Waals surface area contributed by atoms with Gasteiger partial charge >= 0.3 is 28.3 Å². The second kappa shape index (κ2) is 6.57. The van der Waals surface area contributed by atoms with Crippen molar-refractivity contribution in [3.8, 4) is 0 Å². The summed E-state index contributed by atoms with van der Waals surface area (Å²) in [5, 5.41) is 0. The topological polar surface area (TPSA) is 18.5 Å². The molecule has 0 spiro atoms. The van der Waals surface area contributed by atoms with E-state index >= 15 is 0 Å². The van der Waals surface area contributed by atoms with Crippen molar-refractivity contribution in [3.05, 3.63) is 61.7 Å². The summed E-state index contributed by atoms with van der Waals surface area (Å²) in [6.45, 7) is 9.39. The van der Waals surface area contributed by atoms with Crippen LogP contribution < -0.4 is 26.7 Å². The summed E-state index contributed by atoms with van der Waals surface area (Å²) < 4.78 is 15.0. The first-order chi connectivity index (χ1) is 10.9. The molecule has 0 bridgehead atoms. The molecular formula is C19H23BIO2+. The Morgan fingerprint density at radius 2 is 1.48 bits per heavy atom. The highest BCUT2D eigenvalue weighted by Gasteiger charge is 2.46. The second-order valence-electron chi connectivity index (χ2n) is 7.10. The molecule has 2 aromatic carbocycles. The van der Waals surface area contributed by atoms with Crippen LogP contribution in [-0.2, 0) is 9.31 Å². The van der Waals surface area contributed by atoms with Gasteiger partial charge in [-0.05, 0) is 43.6 Å². The van der Waals surface area contributed by atoms with Gasteiger partial charge in [0.25, 0.3) is 0 Å². The van der Waals surface area contributed by atoms with E-state index in [2.05, 4.69) is 82.3 Å². The van der Waals surface area contributed by atoms with E-state index in [-0.39, 0.29) is 39.3 Å². The fourth-order valence-corrected chi connectivity index (χ4v) is 4.58. The van der Waals surface area contributed by atoms with Crippen LogP contribution in [-0.4, -0.2) is 19.3 Å². The molecule has 3 rings (SSSR count). The molecule has 1 fully saturated rings. The van der Waals surface area contributed by atoms with Crippen LogP contribution in [0, 0.1) is 12.6 Å². The lowest BCUT2D eigenvalue weighted by molar-refractivity contribution is -0.597. The largest absolute Gasteiger partial charge is 0.494 e. The lowest BCUT2D eigenvalue weighted by Crippen LogP contribution is -3.61. The third-order valence-electron chi connectivity index (χ3n) is 4.72. The van der Waals surface area contributed by atoms with E-state index in [1.54, 1.807) is 0 Å². The molecule has 1 heterocycles. The van der Waals surface area contributed by atoms with Gasteiger partial charge in [-0.2, -0.15) is 0 Å². The number of hydrogen-bond acceptors (Lipinski definition) is 2. The van der Waals surface area contributed by atoms with Gasteiger partial charge in [0, 0.05) is 12.0 Å². The third-order valence-corrected chi connectivity index (χ3v) is 7.40. The summed E-state index contributed by atoms with van der Waals surface area (Å²) >= 11 is -0.119. The fraction of sp³-hybridized carbons (Fsp3) is 0.368. The maximum atomic E-state index is 6.22. The van der Waals surface area contributed by atoms with Crippen molar-refractivity contribution in [2.45, 2.75) is 33.3 Å². The van der Waals surface area contributed by atoms with Crippen molar-refractivity contribution in [3.63, 3.8) is 0 Å². The number of halogens is 1. The Balaban J connectivity index is 1.71. The first-order valence-corrected chi connectivity index (χ1v) is 10.1. The molecule has 1 aliphatic heterocycles. The monoisotopic (exact) mass is 421 g/mol. The summed E-state index contributed by atoms with van der Waals surface area (Å²) in [6, 6.07) is 19.4. The Hall–Kier alpha value is -0.845. The van der Waals surface area contributed by atoms with Crippen LogP contribution >= 0.6 is 0 Å². The molecule has 0 amide bonds. The number of hydrogen-bond donors (Lipinski definition) is 0. The summed E-state index contributed by atoms with van der Waals surface area (Å²) in [5.41, 5.74) is 0.919. The molecule has 0 atom stereocenters. The van der Waals surface area contributed by atoms with Gasteiger partial charge in [0.1, 0.15) is 0 Å². The average molecular weight is 421 g/mol. The zero-order valence-corrected chi connectivity index (χ0v) is 16.3. The van der Waals surface area contributed by atoms with Crippen molar-refractivity contribution in [2.75, 3.05) is 6.61 Å². The quantitative estimate of drug-likeness (QED) is 0.527. The van der Waals surface area contributed by atoms with Crippen molar-refractivity contribution in [1.82, 2.24) is 0 Å². The third kappa shape index (κ3) is 3.81. The number of rotatable bonds is 3. The van der Waals surface area contributed by atoms with Gasteiger partial charge < -0.3 is 9.31 Å². The molecule has 0 unspecified atom stereocenters. The maximum absolute atomic E-state index is 6.22. The molecule has 4 heteroatoms. The summed E-state index contributed by atoms with van der Waals surface area (Å²) in [4.78, 5) is 0. The van der Waals surface area contributed by atoms with Crippen molar-refractivity contribution in [2.24, 2.45) is 5.41 Å². The molecule has 0 N–H and O–H groups in total. The molecule has 1 saturated heterocycles. The van der Waals surface area contributed by atoms with E-state index in [4.69, 9.17) is 9.31 Å². The smallest absolute Gasteiger partial charge is 0.407 e. The standard InChI is InChI=1S/C19H23BIO2/c1-18(2)14-22-20(23-19(18,3)4)15-10-12-17(13-11-15)21-16-8-6-5-7-9-16/h5-13H,14H2,1-4H3/q+1. The van der Waals surface area contributed by atoms with Gasteiger partial charge in [-0.25, -0.2) is 0 Å².